The molecule has 0 aromatic heterocycles. The van der Waals surface area contributed by atoms with Crippen LogP contribution in [0.5, 0.6) is 17.2 Å². The molecule has 2 aliphatic heterocycles. The zero-order valence-electron chi connectivity index (χ0n) is 18.5. The molecule has 2 fully saturated rings. The fourth-order valence-corrected chi connectivity index (χ4v) is 4.12. The summed E-state index contributed by atoms with van der Waals surface area (Å²) in [5.74, 6) is 1.06. The predicted molar refractivity (Wildman–Crippen MR) is 120 cm³/mol. The van der Waals surface area contributed by atoms with Crippen LogP contribution in [0, 0.1) is 0 Å². The smallest absolute Gasteiger partial charge is 0.387 e. The maximum absolute atomic E-state index is 13.0. The monoisotopic (exact) mass is 472 g/mol. The number of rotatable bonds is 10. The second-order valence-corrected chi connectivity index (χ2v) is 8.70. The van der Waals surface area contributed by atoms with Gasteiger partial charge in [0, 0.05) is 37.9 Å². The molecule has 0 unspecified atom stereocenters. The summed E-state index contributed by atoms with van der Waals surface area (Å²) in [6, 6.07) is 12.2. The van der Waals surface area contributed by atoms with Gasteiger partial charge in [0.2, 0.25) is 0 Å². The van der Waals surface area contributed by atoms with E-state index in [4.69, 9.17) is 9.47 Å². The van der Waals surface area contributed by atoms with Gasteiger partial charge < -0.3 is 24.2 Å². The Balaban J connectivity index is 1.23. The molecule has 1 saturated heterocycles. The molecule has 9 heteroatoms. The highest BCUT2D eigenvalue weighted by Gasteiger charge is 2.29. The minimum Gasteiger partial charge on any atom is -0.488 e. The number of benzene rings is 2. The van der Waals surface area contributed by atoms with Crippen LogP contribution >= 0.6 is 0 Å². The summed E-state index contributed by atoms with van der Waals surface area (Å²) < 4.78 is 42.1. The molecule has 1 saturated carbocycles. The highest BCUT2D eigenvalue weighted by Crippen LogP contribution is 2.40. The average molecular weight is 472 g/mol. The molecule has 0 spiro atoms. The Morgan fingerprint density at radius 3 is 2.50 bits per heavy atom. The van der Waals surface area contributed by atoms with E-state index in [2.05, 4.69) is 4.74 Å². The average Bonchev–Trinajstić information content (AvgIpc) is 3.58. The van der Waals surface area contributed by atoms with Crippen molar-refractivity contribution < 1.29 is 32.9 Å². The molecular weight excluding hydrogens is 446 g/mol. The maximum Gasteiger partial charge on any atom is 0.387 e. The lowest BCUT2D eigenvalue weighted by atomic mass is 10.1. The Morgan fingerprint density at radius 1 is 1.06 bits per heavy atom. The van der Waals surface area contributed by atoms with E-state index in [1.807, 2.05) is 29.2 Å². The molecule has 1 N–H and O–H groups in total. The van der Waals surface area contributed by atoms with Crippen molar-refractivity contribution in [2.75, 3.05) is 37.7 Å². The molecule has 0 radical (unpaired) electrons. The number of amides is 1. The standard InChI is InChI=1S/C25H26F2N2O5/c26-25(27)34-23-13-18(5-8-21(23)32-12-11-28-14-19(30)15-28)29-10-9-22(24(29)31)33-20-6-3-17(4-7-20)16-1-2-16/h3-9,13,16,19,25,30H,1-2,10-12,14-15H2. The molecule has 0 bridgehead atoms. The van der Waals surface area contributed by atoms with Crippen LogP contribution in [0.3, 0.4) is 0 Å². The molecule has 2 aromatic carbocycles. The van der Waals surface area contributed by atoms with Crippen molar-refractivity contribution in [3.8, 4) is 17.2 Å². The van der Waals surface area contributed by atoms with E-state index in [0.717, 1.165) is 0 Å². The molecule has 3 aliphatic rings. The van der Waals surface area contributed by atoms with Gasteiger partial charge in [0.15, 0.2) is 17.3 Å². The van der Waals surface area contributed by atoms with E-state index in [9.17, 15) is 18.7 Å². The van der Waals surface area contributed by atoms with Crippen molar-refractivity contribution in [1.82, 2.24) is 4.90 Å². The number of hydrogen-bond donors (Lipinski definition) is 1. The lowest BCUT2D eigenvalue weighted by Gasteiger charge is -2.35. The van der Waals surface area contributed by atoms with Crippen molar-refractivity contribution in [3.63, 3.8) is 0 Å². The first-order valence-electron chi connectivity index (χ1n) is 11.4. The molecular formula is C25H26F2N2O5. The van der Waals surface area contributed by atoms with Gasteiger partial charge in [0.25, 0.3) is 5.91 Å². The number of nitrogens with zero attached hydrogens (tertiary/aromatic N) is 2. The second-order valence-electron chi connectivity index (χ2n) is 8.70. The Kier molecular flexibility index (Phi) is 6.38. The Bertz CT molecular complexity index is 1070. The van der Waals surface area contributed by atoms with Crippen LogP contribution in [0.25, 0.3) is 0 Å². The number of hydrogen-bond acceptors (Lipinski definition) is 6. The van der Waals surface area contributed by atoms with E-state index >= 15 is 0 Å². The van der Waals surface area contributed by atoms with Gasteiger partial charge >= 0.3 is 6.61 Å². The van der Waals surface area contributed by atoms with E-state index < -0.39 is 6.61 Å². The van der Waals surface area contributed by atoms with Crippen LogP contribution in [0.2, 0.25) is 0 Å². The van der Waals surface area contributed by atoms with Gasteiger partial charge in [0.05, 0.1) is 6.10 Å². The second kappa shape index (κ2) is 9.60. The molecule has 0 atom stereocenters. The van der Waals surface area contributed by atoms with Crippen LogP contribution < -0.4 is 19.1 Å². The van der Waals surface area contributed by atoms with Crippen LogP contribution in [-0.2, 0) is 4.79 Å². The molecule has 2 aromatic rings. The van der Waals surface area contributed by atoms with Gasteiger partial charge in [-0.15, -0.1) is 0 Å². The molecule has 5 rings (SSSR count). The van der Waals surface area contributed by atoms with Crippen molar-refractivity contribution in [2.45, 2.75) is 31.5 Å². The molecule has 1 aliphatic carbocycles. The third kappa shape index (κ3) is 5.15. The summed E-state index contributed by atoms with van der Waals surface area (Å²) in [6.45, 7) is -0.825. The number of ether oxygens (including phenoxy) is 3. The molecule has 7 nitrogen and oxygen atoms in total. The summed E-state index contributed by atoms with van der Waals surface area (Å²) in [5.41, 5.74) is 1.68. The topological polar surface area (TPSA) is 71.5 Å². The molecule has 1 amide bonds. The number of aliphatic hydroxyl groups excluding tert-OH is 1. The number of anilines is 1. The summed E-state index contributed by atoms with van der Waals surface area (Å²) in [5, 5.41) is 9.34. The number of halogens is 2. The highest BCUT2D eigenvalue weighted by atomic mass is 19.3. The molecule has 180 valence electrons. The Labute approximate surface area is 196 Å². The normalized spacial score (nSPS) is 18.8. The Morgan fingerprint density at radius 2 is 1.82 bits per heavy atom. The van der Waals surface area contributed by atoms with Crippen molar-refractivity contribution in [3.05, 3.63) is 59.9 Å². The van der Waals surface area contributed by atoms with Crippen LogP contribution in [-0.4, -0.2) is 61.4 Å². The summed E-state index contributed by atoms with van der Waals surface area (Å²) in [7, 11) is 0. The number of carbonyl (C=O) groups is 1. The first kappa shape index (κ1) is 22.6. The number of aliphatic hydroxyl groups is 1. The quantitative estimate of drug-likeness (QED) is 0.571. The van der Waals surface area contributed by atoms with E-state index in [1.54, 1.807) is 12.1 Å². The van der Waals surface area contributed by atoms with Crippen molar-refractivity contribution in [1.29, 1.82) is 0 Å². The van der Waals surface area contributed by atoms with Gasteiger partial charge in [-0.05, 0) is 54.7 Å². The first-order valence-corrected chi connectivity index (χ1v) is 11.4. The largest absolute Gasteiger partial charge is 0.488 e. The van der Waals surface area contributed by atoms with Gasteiger partial charge in [-0.25, -0.2) is 0 Å². The van der Waals surface area contributed by atoms with Crippen molar-refractivity contribution >= 4 is 11.6 Å². The van der Waals surface area contributed by atoms with Crippen LogP contribution in [0.1, 0.15) is 24.3 Å². The minimum atomic E-state index is -3.03. The van der Waals surface area contributed by atoms with Gasteiger partial charge in [0.1, 0.15) is 12.4 Å². The predicted octanol–water partition coefficient (Wildman–Crippen LogP) is 3.53. The fraction of sp³-hybridized carbons (Fsp3) is 0.400. The number of β-amino-alcohol motifs (C(OH)–C–C–N with tert-alkyl or cyclic N) is 1. The zero-order chi connectivity index (χ0) is 23.7. The first-order chi connectivity index (χ1) is 16.5. The number of carbonyl (C=O) groups excluding carboxylic acids is 1. The SMILES string of the molecule is O=C1C(Oc2ccc(C3CC3)cc2)=CCN1c1ccc(OCCN2CC(O)C2)c(OC(F)F)c1. The maximum atomic E-state index is 13.0. The highest BCUT2D eigenvalue weighted by molar-refractivity contribution is 6.07. The zero-order valence-corrected chi connectivity index (χ0v) is 18.5. The third-order valence-corrected chi connectivity index (χ3v) is 6.13. The number of likely N-dealkylation sites (tertiary alicyclic amines) is 1. The van der Waals surface area contributed by atoms with Crippen LogP contribution in [0.4, 0.5) is 14.5 Å². The van der Waals surface area contributed by atoms with E-state index in [1.165, 1.54) is 35.4 Å². The van der Waals surface area contributed by atoms with Gasteiger partial charge in [-0.3, -0.25) is 9.69 Å². The summed E-state index contributed by atoms with van der Waals surface area (Å²) >= 11 is 0. The van der Waals surface area contributed by atoms with Gasteiger partial charge in [-0.1, -0.05) is 12.1 Å². The number of alkyl halides is 2. The minimum absolute atomic E-state index is 0.144. The van der Waals surface area contributed by atoms with E-state index in [-0.39, 0.29) is 42.4 Å². The third-order valence-electron chi connectivity index (χ3n) is 6.13. The fourth-order valence-electron chi connectivity index (χ4n) is 4.12. The van der Waals surface area contributed by atoms with Crippen molar-refractivity contribution in [2.24, 2.45) is 0 Å². The molecule has 2 heterocycles. The lowest BCUT2D eigenvalue weighted by molar-refractivity contribution is -0.116. The Hall–Kier alpha value is -3.17. The van der Waals surface area contributed by atoms with Gasteiger partial charge in [-0.2, -0.15) is 8.78 Å². The molecule has 34 heavy (non-hydrogen) atoms. The van der Waals surface area contributed by atoms with Crippen LogP contribution in [0.15, 0.2) is 54.3 Å². The lowest BCUT2D eigenvalue weighted by Crippen LogP contribution is -2.51. The summed E-state index contributed by atoms with van der Waals surface area (Å²) in [4.78, 5) is 16.3. The summed E-state index contributed by atoms with van der Waals surface area (Å²) in [6.07, 6.45) is 3.77. The van der Waals surface area contributed by atoms with E-state index in [0.29, 0.717) is 37.0 Å².